The van der Waals surface area contributed by atoms with Crippen LogP contribution in [0.25, 0.3) is 16.7 Å². The molecule has 1 aromatic carbocycles. The average molecular weight is 445 g/mol. The molecule has 0 radical (unpaired) electrons. The van der Waals surface area contributed by atoms with Crippen LogP contribution in [0.15, 0.2) is 30.6 Å². The Bertz CT molecular complexity index is 1390. The molecule has 8 heteroatoms. The smallest absolute Gasteiger partial charge is 0.262 e. The predicted octanol–water partition coefficient (Wildman–Crippen LogP) is 4.35. The fraction of sp³-hybridized carbons (Fsp3) is 0.400. The highest BCUT2D eigenvalue weighted by Crippen LogP contribution is 2.36. The van der Waals surface area contributed by atoms with Crippen LogP contribution in [0.3, 0.4) is 0 Å². The highest BCUT2D eigenvalue weighted by atomic mass is 16.2. The van der Waals surface area contributed by atoms with Crippen molar-refractivity contribution >= 4 is 28.5 Å². The standard InChI is InChI=1S/C25H28N6O2/c1-13(2)11-29-16(6)15(5)19-22(29)26-12-30-23(19)27-21(28-30)20(14(3)4)31-24(32)17-9-7-8-10-18(17)25(31)33/h7-10,12-14,20H,11H2,1-6H3/t20-/m0/s1. The Morgan fingerprint density at radius 2 is 1.58 bits per heavy atom. The van der Waals surface area contributed by atoms with Crippen molar-refractivity contribution in [3.05, 3.63) is 58.8 Å². The van der Waals surface area contributed by atoms with E-state index >= 15 is 0 Å². The molecule has 8 nitrogen and oxygen atoms in total. The molecule has 1 atom stereocenters. The van der Waals surface area contributed by atoms with Crippen molar-refractivity contribution in [2.45, 2.75) is 54.1 Å². The third-order valence-electron chi connectivity index (χ3n) is 6.51. The zero-order valence-electron chi connectivity index (χ0n) is 19.8. The maximum Gasteiger partial charge on any atom is 0.262 e. The number of fused-ring (bicyclic) bond motifs is 4. The van der Waals surface area contributed by atoms with E-state index in [1.165, 1.54) is 4.90 Å². The van der Waals surface area contributed by atoms with Gasteiger partial charge in [0, 0.05) is 12.2 Å². The first-order valence-electron chi connectivity index (χ1n) is 11.4. The Labute approximate surface area is 192 Å². The molecule has 5 rings (SSSR count). The quantitative estimate of drug-likeness (QED) is 0.427. The van der Waals surface area contributed by atoms with Crippen molar-refractivity contribution in [3.63, 3.8) is 0 Å². The van der Waals surface area contributed by atoms with Crippen LogP contribution in [0.2, 0.25) is 0 Å². The van der Waals surface area contributed by atoms with Gasteiger partial charge in [-0.25, -0.2) is 14.5 Å². The van der Waals surface area contributed by atoms with Crippen LogP contribution in [0.4, 0.5) is 0 Å². The zero-order valence-corrected chi connectivity index (χ0v) is 19.8. The summed E-state index contributed by atoms with van der Waals surface area (Å²) in [5.41, 5.74) is 4.71. The number of rotatable bonds is 5. The minimum Gasteiger partial charge on any atom is -0.329 e. The molecule has 0 N–H and O–H groups in total. The van der Waals surface area contributed by atoms with Crippen LogP contribution >= 0.6 is 0 Å². The average Bonchev–Trinajstić information content (AvgIpc) is 3.38. The lowest BCUT2D eigenvalue weighted by molar-refractivity contribution is 0.0529. The van der Waals surface area contributed by atoms with Gasteiger partial charge in [0.05, 0.1) is 16.5 Å². The molecule has 4 aromatic rings. The normalized spacial score (nSPS) is 15.0. The minimum absolute atomic E-state index is 0.0681. The van der Waals surface area contributed by atoms with Gasteiger partial charge in [-0.2, -0.15) is 0 Å². The van der Waals surface area contributed by atoms with E-state index in [0.29, 0.717) is 28.5 Å². The molecule has 0 aliphatic carbocycles. The van der Waals surface area contributed by atoms with Crippen molar-refractivity contribution in [1.82, 2.24) is 29.0 Å². The summed E-state index contributed by atoms with van der Waals surface area (Å²) < 4.78 is 3.89. The van der Waals surface area contributed by atoms with Gasteiger partial charge in [-0.05, 0) is 43.4 Å². The molecule has 0 unspecified atom stereocenters. The Hall–Kier alpha value is -3.55. The topological polar surface area (TPSA) is 85.4 Å². The van der Waals surface area contributed by atoms with Crippen LogP contribution in [0.1, 0.15) is 71.5 Å². The number of aromatic nitrogens is 5. The molecule has 4 heterocycles. The number of carbonyl (C=O) groups excluding carboxylic acids is 2. The molecule has 170 valence electrons. The molecule has 0 fully saturated rings. The Morgan fingerprint density at radius 3 is 2.15 bits per heavy atom. The predicted molar refractivity (Wildman–Crippen MR) is 125 cm³/mol. The summed E-state index contributed by atoms with van der Waals surface area (Å²) in [6.07, 6.45) is 1.67. The van der Waals surface area contributed by atoms with Crippen LogP contribution < -0.4 is 0 Å². The van der Waals surface area contributed by atoms with E-state index in [1.54, 1.807) is 35.1 Å². The summed E-state index contributed by atoms with van der Waals surface area (Å²) in [5, 5.41) is 5.65. The first-order chi connectivity index (χ1) is 15.7. The molecular weight excluding hydrogens is 416 g/mol. The monoisotopic (exact) mass is 444 g/mol. The third-order valence-corrected chi connectivity index (χ3v) is 6.51. The van der Waals surface area contributed by atoms with E-state index in [2.05, 4.69) is 37.4 Å². The van der Waals surface area contributed by atoms with Gasteiger partial charge in [0.25, 0.3) is 11.8 Å². The van der Waals surface area contributed by atoms with Gasteiger partial charge in [-0.1, -0.05) is 39.8 Å². The van der Waals surface area contributed by atoms with Crippen molar-refractivity contribution in [2.24, 2.45) is 11.8 Å². The molecule has 33 heavy (non-hydrogen) atoms. The lowest BCUT2D eigenvalue weighted by Gasteiger charge is -2.26. The number of aryl methyl sites for hydroxylation is 1. The number of hydrogen-bond acceptors (Lipinski definition) is 5. The molecule has 0 saturated heterocycles. The van der Waals surface area contributed by atoms with Gasteiger partial charge in [-0.3, -0.25) is 14.5 Å². The number of nitrogens with zero attached hydrogens (tertiary/aromatic N) is 6. The summed E-state index contributed by atoms with van der Waals surface area (Å²) in [7, 11) is 0. The highest BCUT2D eigenvalue weighted by molar-refractivity contribution is 6.21. The van der Waals surface area contributed by atoms with Crippen molar-refractivity contribution in [1.29, 1.82) is 0 Å². The summed E-state index contributed by atoms with van der Waals surface area (Å²) in [6.45, 7) is 13.4. The number of hydrogen-bond donors (Lipinski definition) is 0. The van der Waals surface area contributed by atoms with Crippen molar-refractivity contribution < 1.29 is 9.59 Å². The zero-order chi connectivity index (χ0) is 23.6. The third kappa shape index (κ3) is 3.08. The molecular formula is C25H28N6O2. The van der Waals surface area contributed by atoms with Crippen molar-refractivity contribution in [2.75, 3.05) is 0 Å². The number of amides is 2. The molecule has 2 amide bonds. The van der Waals surface area contributed by atoms with E-state index in [4.69, 9.17) is 9.97 Å². The highest BCUT2D eigenvalue weighted by Gasteiger charge is 2.43. The lowest BCUT2D eigenvalue weighted by atomic mass is 10.0. The van der Waals surface area contributed by atoms with Gasteiger partial charge >= 0.3 is 0 Å². The molecule has 0 bridgehead atoms. The maximum absolute atomic E-state index is 13.2. The van der Waals surface area contributed by atoms with Gasteiger partial charge in [0.15, 0.2) is 11.5 Å². The Balaban J connectivity index is 1.67. The van der Waals surface area contributed by atoms with Gasteiger partial charge in [-0.15, -0.1) is 5.10 Å². The molecule has 1 aliphatic heterocycles. The van der Waals surface area contributed by atoms with E-state index in [9.17, 15) is 9.59 Å². The van der Waals surface area contributed by atoms with Crippen LogP contribution in [-0.2, 0) is 6.54 Å². The maximum atomic E-state index is 13.2. The Kier molecular flexibility index (Phi) is 4.84. The second kappa shape index (κ2) is 7.50. The van der Waals surface area contributed by atoms with Crippen LogP contribution in [-0.4, -0.2) is 40.9 Å². The Morgan fingerprint density at radius 1 is 0.939 bits per heavy atom. The van der Waals surface area contributed by atoms with Gasteiger partial charge < -0.3 is 4.57 Å². The molecule has 0 spiro atoms. The van der Waals surface area contributed by atoms with Gasteiger partial charge in [0.2, 0.25) is 0 Å². The van der Waals surface area contributed by atoms with E-state index < -0.39 is 6.04 Å². The summed E-state index contributed by atoms with van der Waals surface area (Å²) in [6, 6.07) is 6.36. The fourth-order valence-electron chi connectivity index (χ4n) is 4.83. The summed E-state index contributed by atoms with van der Waals surface area (Å²) >= 11 is 0. The second-order valence-electron chi connectivity index (χ2n) is 9.61. The molecule has 3 aromatic heterocycles. The number of carbonyl (C=O) groups is 2. The van der Waals surface area contributed by atoms with Crippen LogP contribution in [0.5, 0.6) is 0 Å². The molecule has 0 saturated carbocycles. The van der Waals surface area contributed by atoms with E-state index in [-0.39, 0.29) is 17.7 Å². The summed E-state index contributed by atoms with van der Waals surface area (Å²) in [5.74, 6) is 0.256. The second-order valence-corrected chi connectivity index (χ2v) is 9.61. The van der Waals surface area contributed by atoms with Crippen molar-refractivity contribution in [3.8, 4) is 0 Å². The fourth-order valence-corrected chi connectivity index (χ4v) is 4.83. The SMILES string of the molecule is Cc1c(C)n(CC(C)C)c2ncn3nc([C@H](C(C)C)N4C(=O)c5ccccc5C4=O)nc3c12. The largest absolute Gasteiger partial charge is 0.329 e. The van der Waals surface area contributed by atoms with Crippen LogP contribution in [0, 0.1) is 25.7 Å². The van der Waals surface area contributed by atoms with E-state index in [0.717, 1.165) is 28.8 Å². The first-order valence-corrected chi connectivity index (χ1v) is 11.4. The minimum atomic E-state index is -0.577. The van der Waals surface area contributed by atoms with E-state index in [1.807, 2.05) is 13.8 Å². The number of benzene rings is 1. The lowest BCUT2D eigenvalue weighted by Crippen LogP contribution is -2.37. The van der Waals surface area contributed by atoms with Gasteiger partial charge in [0.1, 0.15) is 18.0 Å². The molecule has 1 aliphatic rings. The first kappa shape index (κ1) is 21.3. The summed E-state index contributed by atoms with van der Waals surface area (Å²) in [4.78, 5) is 37.3. The number of imide groups is 1.